The molecule has 4 nitrogen and oxygen atoms in total. The largest absolute Gasteiger partial charge is 0.352 e. The zero-order valence-corrected chi connectivity index (χ0v) is 13.7. The van der Waals surface area contributed by atoms with Gasteiger partial charge in [-0.2, -0.15) is 5.10 Å². The highest BCUT2D eigenvalue weighted by atomic mass is 35.5. The van der Waals surface area contributed by atoms with Crippen LogP contribution in [-0.4, -0.2) is 28.5 Å². The molecular formula is C15H18ClN3OS. The normalized spacial score (nSPS) is 10.6. The summed E-state index contributed by atoms with van der Waals surface area (Å²) >= 11 is 7.67. The third kappa shape index (κ3) is 4.25. The number of thioether (sulfide) groups is 1. The van der Waals surface area contributed by atoms with Gasteiger partial charge in [0, 0.05) is 29.9 Å². The molecule has 6 heteroatoms. The molecule has 0 fully saturated rings. The fourth-order valence-corrected chi connectivity index (χ4v) is 2.61. The van der Waals surface area contributed by atoms with Crippen LogP contribution in [0.5, 0.6) is 0 Å². The molecule has 0 aliphatic carbocycles. The van der Waals surface area contributed by atoms with E-state index >= 15 is 0 Å². The summed E-state index contributed by atoms with van der Waals surface area (Å²) in [4.78, 5) is 13.2. The molecule has 1 heterocycles. The van der Waals surface area contributed by atoms with Gasteiger partial charge in [-0.05, 0) is 43.9 Å². The number of hydrogen-bond donors (Lipinski definition) is 1. The predicted octanol–water partition coefficient (Wildman–Crippen LogP) is 3.39. The van der Waals surface area contributed by atoms with E-state index in [2.05, 4.69) is 10.4 Å². The van der Waals surface area contributed by atoms with Crippen LogP contribution >= 0.6 is 23.4 Å². The number of rotatable bonds is 6. The smallest absolute Gasteiger partial charge is 0.252 e. The molecule has 112 valence electrons. The molecule has 2 aromatic rings. The molecule has 0 radical (unpaired) electrons. The van der Waals surface area contributed by atoms with E-state index in [1.54, 1.807) is 24.0 Å². The molecule has 2 rings (SSSR count). The van der Waals surface area contributed by atoms with Crippen LogP contribution < -0.4 is 5.32 Å². The first kappa shape index (κ1) is 15.9. The molecule has 1 amide bonds. The lowest BCUT2D eigenvalue weighted by atomic mass is 10.2. The maximum absolute atomic E-state index is 12.1. The maximum Gasteiger partial charge on any atom is 0.252 e. The van der Waals surface area contributed by atoms with Crippen LogP contribution in [0.4, 0.5) is 0 Å². The second kappa shape index (κ2) is 7.52. The second-order valence-electron chi connectivity index (χ2n) is 4.65. The topological polar surface area (TPSA) is 46.9 Å². The van der Waals surface area contributed by atoms with Crippen molar-refractivity contribution in [2.45, 2.75) is 24.8 Å². The van der Waals surface area contributed by atoms with Crippen molar-refractivity contribution >= 4 is 29.3 Å². The van der Waals surface area contributed by atoms with E-state index in [0.717, 1.165) is 23.6 Å². The Bertz CT molecular complexity index is 627. The van der Waals surface area contributed by atoms with Crippen molar-refractivity contribution in [3.8, 4) is 0 Å². The molecule has 21 heavy (non-hydrogen) atoms. The molecule has 1 N–H and O–H groups in total. The van der Waals surface area contributed by atoms with E-state index in [1.807, 2.05) is 36.1 Å². The van der Waals surface area contributed by atoms with Crippen LogP contribution in [0.3, 0.4) is 0 Å². The fourth-order valence-electron chi connectivity index (χ4n) is 1.96. The third-order valence-corrected chi connectivity index (χ3v) is 4.23. The summed E-state index contributed by atoms with van der Waals surface area (Å²) in [5, 5.41) is 7.59. The molecule has 0 spiro atoms. The summed E-state index contributed by atoms with van der Waals surface area (Å²) in [5.74, 6) is -0.131. The highest BCUT2D eigenvalue weighted by Crippen LogP contribution is 2.22. The third-order valence-electron chi connectivity index (χ3n) is 3.18. The number of hydrogen-bond acceptors (Lipinski definition) is 3. The zero-order valence-electron chi connectivity index (χ0n) is 12.1. The molecule has 0 aliphatic heterocycles. The average molecular weight is 324 g/mol. The van der Waals surface area contributed by atoms with Gasteiger partial charge in [0.1, 0.15) is 0 Å². The first-order valence-corrected chi connectivity index (χ1v) is 8.32. The number of carbonyl (C=O) groups excluding carboxylic acids is 1. The fraction of sp³-hybridized carbons (Fsp3) is 0.333. The lowest BCUT2D eigenvalue weighted by molar-refractivity contribution is 0.0952. The summed E-state index contributed by atoms with van der Waals surface area (Å²) in [6.07, 6.45) is 4.58. The minimum Gasteiger partial charge on any atom is -0.352 e. The molecule has 0 aliphatic rings. The van der Waals surface area contributed by atoms with E-state index < -0.39 is 0 Å². The highest BCUT2D eigenvalue weighted by molar-refractivity contribution is 7.98. The van der Waals surface area contributed by atoms with E-state index in [9.17, 15) is 4.79 Å². The second-order valence-corrected chi connectivity index (χ2v) is 5.94. The number of nitrogens with one attached hydrogen (secondary N) is 1. The van der Waals surface area contributed by atoms with Crippen LogP contribution in [0.25, 0.3) is 0 Å². The summed E-state index contributed by atoms with van der Waals surface area (Å²) in [6.45, 7) is 3.40. The maximum atomic E-state index is 12.1. The van der Waals surface area contributed by atoms with Crippen LogP contribution in [-0.2, 0) is 6.54 Å². The van der Waals surface area contributed by atoms with Gasteiger partial charge in [0.15, 0.2) is 0 Å². The van der Waals surface area contributed by atoms with Gasteiger partial charge >= 0.3 is 0 Å². The minimum absolute atomic E-state index is 0.131. The lowest BCUT2D eigenvalue weighted by Crippen LogP contribution is -2.25. The van der Waals surface area contributed by atoms with Gasteiger partial charge in [-0.3, -0.25) is 9.48 Å². The number of benzene rings is 1. The van der Waals surface area contributed by atoms with Crippen molar-refractivity contribution in [2.24, 2.45) is 0 Å². The number of carbonyl (C=O) groups is 1. The molecule has 1 aromatic carbocycles. The first-order valence-electron chi connectivity index (χ1n) is 6.72. The Morgan fingerprint density at radius 2 is 2.24 bits per heavy atom. The molecule has 0 saturated carbocycles. The van der Waals surface area contributed by atoms with Crippen molar-refractivity contribution in [2.75, 3.05) is 12.8 Å². The van der Waals surface area contributed by atoms with Crippen LogP contribution in [0.2, 0.25) is 5.02 Å². The molecule has 0 unspecified atom stereocenters. The number of halogens is 1. The molecule has 0 saturated heterocycles. The van der Waals surface area contributed by atoms with Gasteiger partial charge < -0.3 is 5.32 Å². The standard InChI is InChI=1S/C15H18ClN3OS/c1-11-6-8-18-19(11)9-3-7-17-15(20)13-10-12(21-2)4-5-14(13)16/h4-6,8,10H,3,7,9H2,1-2H3,(H,17,20). The molecular weight excluding hydrogens is 306 g/mol. The van der Waals surface area contributed by atoms with Gasteiger partial charge in [-0.1, -0.05) is 11.6 Å². The van der Waals surface area contributed by atoms with Crippen molar-refractivity contribution in [3.05, 3.63) is 46.7 Å². The first-order chi connectivity index (χ1) is 10.1. The predicted molar refractivity (Wildman–Crippen MR) is 87.1 cm³/mol. The number of nitrogens with zero attached hydrogens (tertiary/aromatic N) is 2. The Morgan fingerprint density at radius 1 is 1.43 bits per heavy atom. The van der Waals surface area contributed by atoms with Gasteiger partial charge in [-0.25, -0.2) is 0 Å². The van der Waals surface area contributed by atoms with Gasteiger partial charge in [0.2, 0.25) is 0 Å². The van der Waals surface area contributed by atoms with Crippen LogP contribution in [0.1, 0.15) is 22.5 Å². The van der Waals surface area contributed by atoms with Crippen molar-refractivity contribution in [1.82, 2.24) is 15.1 Å². The van der Waals surface area contributed by atoms with Crippen molar-refractivity contribution in [1.29, 1.82) is 0 Å². The van der Waals surface area contributed by atoms with Gasteiger partial charge in [-0.15, -0.1) is 11.8 Å². The Labute approximate surface area is 133 Å². The SMILES string of the molecule is CSc1ccc(Cl)c(C(=O)NCCCn2nccc2C)c1. The monoisotopic (exact) mass is 323 g/mol. The molecule has 0 bridgehead atoms. The number of aromatic nitrogens is 2. The van der Waals surface area contributed by atoms with Gasteiger partial charge in [0.05, 0.1) is 10.6 Å². The highest BCUT2D eigenvalue weighted by Gasteiger charge is 2.10. The lowest BCUT2D eigenvalue weighted by Gasteiger charge is -2.09. The average Bonchev–Trinajstić information content (AvgIpc) is 2.89. The van der Waals surface area contributed by atoms with E-state index in [-0.39, 0.29) is 5.91 Å². The minimum atomic E-state index is -0.131. The van der Waals surface area contributed by atoms with Crippen molar-refractivity contribution in [3.63, 3.8) is 0 Å². The van der Waals surface area contributed by atoms with Crippen LogP contribution in [0.15, 0.2) is 35.4 Å². The zero-order chi connectivity index (χ0) is 15.2. The van der Waals surface area contributed by atoms with E-state index in [4.69, 9.17) is 11.6 Å². The molecule has 0 atom stereocenters. The summed E-state index contributed by atoms with van der Waals surface area (Å²) in [6, 6.07) is 7.45. The number of aryl methyl sites for hydroxylation is 2. The summed E-state index contributed by atoms with van der Waals surface area (Å²) in [5.41, 5.74) is 1.65. The van der Waals surface area contributed by atoms with Gasteiger partial charge in [0.25, 0.3) is 5.91 Å². The van der Waals surface area contributed by atoms with Crippen molar-refractivity contribution < 1.29 is 4.79 Å². The summed E-state index contributed by atoms with van der Waals surface area (Å²) < 4.78 is 1.92. The van der Waals surface area contributed by atoms with Crippen LogP contribution in [0, 0.1) is 6.92 Å². The number of amides is 1. The molecule has 1 aromatic heterocycles. The Hall–Kier alpha value is -1.46. The summed E-state index contributed by atoms with van der Waals surface area (Å²) in [7, 11) is 0. The quantitative estimate of drug-likeness (QED) is 0.655. The Morgan fingerprint density at radius 3 is 2.90 bits per heavy atom. The van der Waals surface area contributed by atoms with E-state index in [1.165, 1.54) is 0 Å². The Kier molecular flexibility index (Phi) is 5.70. The van der Waals surface area contributed by atoms with E-state index in [0.29, 0.717) is 17.1 Å². The Balaban J connectivity index is 1.86.